The van der Waals surface area contributed by atoms with Crippen LogP contribution in [-0.2, 0) is 19.4 Å². The highest BCUT2D eigenvalue weighted by Gasteiger charge is 2.20. The molecule has 1 saturated carbocycles. The van der Waals surface area contributed by atoms with Gasteiger partial charge in [0.25, 0.3) is 0 Å². The predicted octanol–water partition coefficient (Wildman–Crippen LogP) is 2.71. The van der Waals surface area contributed by atoms with E-state index in [0.717, 1.165) is 31.0 Å². The summed E-state index contributed by atoms with van der Waals surface area (Å²) in [6.45, 7) is 0.760. The fourth-order valence-electron chi connectivity index (χ4n) is 1.98. The topological polar surface area (TPSA) is 38.1 Å². The molecule has 18 heavy (non-hydrogen) atoms. The molecule has 0 atom stereocenters. The molecule has 3 rings (SSSR count). The van der Waals surface area contributed by atoms with Gasteiger partial charge in [0.05, 0.1) is 12.7 Å². The van der Waals surface area contributed by atoms with E-state index in [1.165, 1.54) is 18.4 Å². The van der Waals surface area contributed by atoms with Crippen molar-refractivity contribution in [2.24, 2.45) is 0 Å². The van der Waals surface area contributed by atoms with Crippen molar-refractivity contribution in [2.75, 3.05) is 0 Å². The van der Waals surface area contributed by atoms with Gasteiger partial charge in [0.2, 0.25) is 5.89 Å². The average Bonchev–Trinajstić information content (AvgIpc) is 3.14. The van der Waals surface area contributed by atoms with Gasteiger partial charge in [-0.2, -0.15) is 0 Å². The molecule has 0 amide bonds. The standard InChI is InChI=1S/C15H18N2O/c1-2-4-12(5-3-1)6-9-14-10-17-15(18-14)11-16-13-7-8-13/h1-5,10,13,16H,6-9,11H2. The third-order valence-electron chi connectivity index (χ3n) is 3.22. The molecule has 1 heterocycles. The van der Waals surface area contributed by atoms with Crippen molar-refractivity contribution in [1.82, 2.24) is 10.3 Å². The first kappa shape index (κ1) is 11.5. The minimum absolute atomic E-state index is 0.699. The van der Waals surface area contributed by atoms with Gasteiger partial charge in [-0.15, -0.1) is 0 Å². The smallest absolute Gasteiger partial charge is 0.208 e. The molecular formula is C15H18N2O. The zero-order valence-corrected chi connectivity index (χ0v) is 10.4. The molecule has 0 unspecified atom stereocenters. The third-order valence-corrected chi connectivity index (χ3v) is 3.22. The molecule has 1 aliphatic carbocycles. The Morgan fingerprint density at radius 2 is 2.00 bits per heavy atom. The van der Waals surface area contributed by atoms with Crippen LogP contribution in [0.2, 0.25) is 0 Å². The van der Waals surface area contributed by atoms with Crippen LogP contribution >= 0.6 is 0 Å². The Hall–Kier alpha value is -1.61. The van der Waals surface area contributed by atoms with Crippen molar-refractivity contribution in [1.29, 1.82) is 0 Å². The lowest BCUT2D eigenvalue weighted by Crippen LogP contribution is -2.15. The van der Waals surface area contributed by atoms with Crippen LogP contribution in [-0.4, -0.2) is 11.0 Å². The first-order valence-electron chi connectivity index (χ1n) is 6.61. The molecule has 0 radical (unpaired) electrons. The molecule has 0 aliphatic heterocycles. The highest BCUT2D eigenvalue weighted by molar-refractivity contribution is 5.15. The second-order valence-corrected chi connectivity index (χ2v) is 4.86. The number of hydrogen-bond donors (Lipinski definition) is 1. The van der Waals surface area contributed by atoms with Crippen LogP contribution in [0.1, 0.15) is 30.1 Å². The van der Waals surface area contributed by atoms with E-state index < -0.39 is 0 Å². The SMILES string of the molecule is c1ccc(CCc2cnc(CNC3CC3)o2)cc1. The molecule has 2 aromatic rings. The number of benzene rings is 1. The van der Waals surface area contributed by atoms with Gasteiger partial charge in [0.15, 0.2) is 0 Å². The maximum Gasteiger partial charge on any atom is 0.208 e. The minimum atomic E-state index is 0.699. The lowest BCUT2D eigenvalue weighted by Gasteiger charge is -1.99. The van der Waals surface area contributed by atoms with Crippen molar-refractivity contribution < 1.29 is 4.42 Å². The minimum Gasteiger partial charge on any atom is -0.444 e. The molecule has 0 saturated heterocycles. The molecule has 1 aromatic carbocycles. The maximum absolute atomic E-state index is 5.71. The van der Waals surface area contributed by atoms with Gasteiger partial charge in [-0.05, 0) is 24.8 Å². The van der Waals surface area contributed by atoms with E-state index in [2.05, 4.69) is 34.6 Å². The summed E-state index contributed by atoms with van der Waals surface area (Å²) in [6, 6.07) is 11.2. The van der Waals surface area contributed by atoms with Gasteiger partial charge < -0.3 is 9.73 Å². The summed E-state index contributed by atoms with van der Waals surface area (Å²) in [6.07, 6.45) is 6.36. The summed E-state index contributed by atoms with van der Waals surface area (Å²) in [5, 5.41) is 3.40. The molecule has 1 fully saturated rings. The second-order valence-electron chi connectivity index (χ2n) is 4.86. The molecule has 1 aliphatic rings. The Morgan fingerprint density at radius 3 is 2.78 bits per heavy atom. The Morgan fingerprint density at radius 1 is 1.17 bits per heavy atom. The van der Waals surface area contributed by atoms with Crippen molar-refractivity contribution in [3.8, 4) is 0 Å². The van der Waals surface area contributed by atoms with Gasteiger partial charge in [0, 0.05) is 12.5 Å². The summed E-state index contributed by atoms with van der Waals surface area (Å²) in [4.78, 5) is 4.30. The number of aromatic nitrogens is 1. The monoisotopic (exact) mass is 242 g/mol. The number of rotatable bonds is 6. The molecule has 0 bridgehead atoms. The maximum atomic E-state index is 5.71. The van der Waals surface area contributed by atoms with Crippen molar-refractivity contribution >= 4 is 0 Å². The molecule has 1 N–H and O–H groups in total. The van der Waals surface area contributed by atoms with E-state index >= 15 is 0 Å². The van der Waals surface area contributed by atoms with Crippen molar-refractivity contribution in [3.63, 3.8) is 0 Å². The largest absolute Gasteiger partial charge is 0.444 e. The van der Waals surface area contributed by atoms with E-state index in [0.29, 0.717) is 6.04 Å². The Bertz CT molecular complexity index is 488. The lowest BCUT2D eigenvalue weighted by molar-refractivity contribution is 0.434. The first-order valence-corrected chi connectivity index (χ1v) is 6.61. The number of oxazole rings is 1. The quantitative estimate of drug-likeness (QED) is 0.846. The molecule has 0 spiro atoms. The van der Waals surface area contributed by atoms with Gasteiger partial charge in [-0.1, -0.05) is 30.3 Å². The predicted molar refractivity (Wildman–Crippen MR) is 70.2 cm³/mol. The number of aryl methyl sites for hydroxylation is 2. The van der Waals surface area contributed by atoms with Gasteiger partial charge in [-0.25, -0.2) is 4.98 Å². The Labute approximate surface area is 107 Å². The van der Waals surface area contributed by atoms with Crippen LogP contribution in [0.4, 0.5) is 0 Å². The van der Waals surface area contributed by atoms with Gasteiger partial charge >= 0.3 is 0 Å². The molecule has 94 valence electrons. The van der Waals surface area contributed by atoms with Crippen molar-refractivity contribution in [2.45, 2.75) is 38.3 Å². The Kier molecular flexibility index (Phi) is 3.42. The normalized spacial score (nSPS) is 14.9. The first-order chi connectivity index (χ1) is 8.90. The van der Waals surface area contributed by atoms with Crippen LogP contribution in [0.5, 0.6) is 0 Å². The summed E-state index contributed by atoms with van der Waals surface area (Å²) >= 11 is 0. The summed E-state index contributed by atoms with van der Waals surface area (Å²) in [5.74, 6) is 1.79. The van der Waals surface area contributed by atoms with E-state index in [-0.39, 0.29) is 0 Å². The van der Waals surface area contributed by atoms with Crippen LogP contribution in [0.15, 0.2) is 40.9 Å². The molecule has 3 nitrogen and oxygen atoms in total. The molecular weight excluding hydrogens is 224 g/mol. The Balaban J connectivity index is 1.50. The lowest BCUT2D eigenvalue weighted by atomic mass is 10.1. The molecule has 1 aromatic heterocycles. The fraction of sp³-hybridized carbons (Fsp3) is 0.400. The summed E-state index contributed by atoms with van der Waals surface area (Å²) in [7, 11) is 0. The third kappa shape index (κ3) is 3.20. The summed E-state index contributed by atoms with van der Waals surface area (Å²) < 4.78 is 5.71. The van der Waals surface area contributed by atoms with Crippen LogP contribution < -0.4 is 5.32 Å². The van der Waals surface area contributed by atoms with E-state index in [1.54, 1.807) is 0 Å². The zero-order valence-electron chi connectivity index (χ0n) is 10.4. The number of nitrogens with zero attached hydrogens (tertiary/aromatic N) is 1. The second kappa shape index (κ2) is 5.36. The highest BCUT2D eigenvalue weighted by Crippen LogP contribution is 2.19. The van der Waals surface area contributed by atoms with Gasteiger partial charge in [-0.3, -0.25) is 0 Å². The average molecular weight is 242 g/mol. The van der Waals surface area contributed by atoms with Crippen LogP contribution in [0.3, 0.4) is 0 Å². The zero-order chi connectivity index (χ0) is 12.2. The van der Waals surface area contributed by atoms with Crippen LogP contribution in [0, 0.1) is 0 Å². The van der Waals surface area contributed by atoms with Crippen LogP contribution in [0.25, 0.3) is 0 Å². The number of hydrogen-bond acceptors (Lipinski definition) is 3. The van der Waals surface area contributed by atoms with E-state index in [9.17, 15) is 0 Å². The van der Waals surface area contributed by atoms with E-state index in [4.69, 9.17) is 4.42 Å². The van der Waals surface area contributed by atoms with Crippen molar-refractivity contribution in [3.05, 3.63) is 53.7 Å². The van der Waals surface area contributed by atoms with E-state index in [1.807, 2.05) is 12.3 Å². The van der Waals surface area contributed by atoms with Gasteiger partial charge in [0.1, 0.15) is 5.76 Å². The number of nitrogens with one attached hydrogen (secondary N) is 1. The summed E-state index contributed by atoms with van der Waals surface area (Å²) in [5.41, 5.74) is 1.34. The fourth-order valence-corrected chi connectivity index (χ4v) is 1.98. The highest BCUT2D eigenvalue weighted by atomic mass is 16.4. The molecule has 3 heteroatoms.